The van der Waals surface area contributed by atoms with Gasteiger partial charge in [-0.1, -0.05) is 31.5 Å². The third-order valence-electron chi connectivity index (χ3n) is 3.17. The first-order valence-electron chi connectivity index (χ1n) is 6.57. The summed E-state index contributed by atoms with van der Waals surface area (Å²) < 4.78 is 11.6. The van der Waals surface area contributed by atoms with Gasteiger partial charge in [-0.15, -0.1) is 0 Å². The number of ether oxygens (including phenoxy) is 1. The molecule has 2 aromatic rings. The highest BCUT2D eigenvalue weighted by molar-refractivity contribution is 5.82. The van der Waals surface area contributed by atoms with Crippen LogP contribution < -0.4 is 5.73 Å². The van der Waals surface area contributed by atoms with Gasteiger partial charge in [-0.25, -0.2) is 0 Å². The van der Waals surface area contributed by atoms with Crippen LogP contribution in [0.25, 0.3) is 11.0 Å². The molecule has 1 aromatic carbocycles. The van der Waals surface area contributed by atoms with Gasteiger partial charge in [-0.05, 0) is 19.4 Å². The summed E-state index contributed by atoms with van der Waals surface area (Å²) in [6.45, 7) is 5.26. The second kappa shape index (κ2) is 6.03. The summed E-state index contributed by atoms with van der Waals surface area (Å²) in [6, 6.07) is 8.00. The lowest BCUT2D eigenvalue weighted by atomic mass is 10.1. The Morgan fingerprint density at radius 2 is 2.11 bits per heavy atom. The fraction of sp³-hybridized carbons (Fsp3) is 0.467. The van der Waals surface area contributed by atoms with E-state index < -0.39 is 0 Å². The third-order valence-corrected chi connectivity index (χ3v) is 3.17. The van der Waals surface area contributed by atoms with Crippen molar-refractivity contribution in [1.29, 1.82) is 0 Å². The van der Waals surface area contributed by atoms with Gasteiger partial charge in [0.2, 0.25) is 0 Å². The normalized spacial score (nSPS) is 13.1. The van der Waals surface area contributed by atoms with Crippen LogP contribution in [0.3, 0.4) is 0 Å². The highest BCUT2D eigenvalue weighted by Gasteiger charge is 2.13. The summed E-state index contributed by atoms with van der Waals surface area (Å²) in [5.41, 5.74) is 7.71. The summed E-state index contributed by atoms with van der Waals surface area (Å²) in [5, 5.41) is 1.11. The van der Waals surface area contributed by atoms with Crippen LogP contribution in [0.5, 0.6) is 0 Å². The third kappa shape index (κ3) is 2.74. The van der Waals surface area contributed by atoms with E-state index in [1.165, 1.54) is 0 Å². The maximum absolute atomic E-state index is 5.86. The standard InChI is InChI=1S/C15H21NO2/c1-3-6-11(2)17-10-13-12-7-4-5-8-14(12)18-15(13)9-16/h4-5,7-8,11H,3,6,9-10,16H2,1-2H3. The minimum absolute atomic E-state index is 0.272. The summed E-state index contributed by atoms with van der Waals surface area (Å²) in [5.74, 6) is 0.833. The molecule has 3 heteroatoms. The molecular formula is C15H21NO2. The largest absolute Gasteiger partial charge is 0.459 e. The molecule has 0 fully saturated rings. The Balaban J connectivity index is 2.20. The first kappa shape index (κ1) is 13.1. The van der Waals surface area contributed by atoms with E-state index in [0.29, 0.717) is 13.2 Å². The summed E-state index contributed by atoms with van der Waals surface area (Å²) >= 11 is 0. The first-order chi connectivity index (χ1) is 8.76. The minimum Gasteiger partial charge on any atom is -0.459 e. The van der Waals surface area contributed by atoms with Gasteiger partial charge in [0.25, 0.3) is 0 Å². The number of benzene rings is 1. The average molecular weight is 247 g/mol. The molecule has 0 spiro atoms. The highest BCUT2D eigenvalue weighted by atomic mass is 16.5. The fourth-order valence-corrected chi connectivity index (χ4v) is 2.19. The Morgan fingerprint density at radius 3 is 2.83 bits per heavy atom. The molecule has 1 heterocycles. The van der Waals surface area contributed by atoms with Crippen molar-refractivity contribution in [1.82, 2.24) is 0 Å². The summed E-state index contributed by atoms with van der Waals surface area (Å²) in [7, 11) is 0. The Hall–Kier alpha value is -1.32. The van der Waals surface area contributed by atoms with E-state index in [1.807, 2.05) is 18.2 Å². The number of para-hydroxylation sites is 1. The topological polar surface area (TPSA) is 48.4 Å². The van der Waals surface area contributed by atoms with Crippen molar-refractivity contribution < 1.29 is 9.15 Å². The molecule has 0 amide bonds. The fourth-order valence-electron chi connectivity index (χ4n) is 2.19. The molecule has 0 aliphatic rings. The zero-order valence-electron chi connectivity index (χ0n) is 11.1. The SMILES string of the molecule is CCCC(C)OCc1c(CN)oc2ccccc12. The van der Waals surface area contributed by atoms with Crippen molar-refractivity contribution in [3.8, 4) is 0 Å². The Labute approximate surface area is 108 Å². The number of hydrogen-bond donors (Lipinski definition) is 1. The van der Waals surface area contributed by atoms with Gasteiger partial charge in [0.15, 0.2) is 0 Å². The number of hydrogen-bond acceptors (Lipinski definition) is 3. The molecule has 0 bridgehead atoms. The van der Waals surface area contributed by atoms with Gasteiger partial charge < -0.3 is 14.9 Å². The smallest absolute Gasteiger partial charge is 0.134 e. The molecule has 98 valence electrons. The van der Waals surface area contributed by atoms with Crippen molar-refractivity contribution in [2.75, 3.05) is 0 Å². The lowest BCUT2D eigenvalue weighted by Gasteiger charge is -2.11. The predicted molar refractivity (Wildman–Crippen MR) is 73.3 cm³/mol. The second-order valence-corrected chi connectivity index (χ2v) is 4.61. The van der Waals surface area contributed by atoms with Crippen LogP contribution in [0.4, 0.5) is 0 Å². The van der Waals surface area contributed by atoms with Crippen LogP contribution in [0.15, 0.2) is 28.7 Å². The molecule has 1 aromatic heterocycles. The van der Waals surface area contributed by atoms with Crippen molar-refractivity contribution >= 4 is 11.0 Å². The molecule has 18 heavy (non-hydrogen) atoms. The maximum atomic E-state index is 5.86. The molecule has 3 nitrogen and oxygen atoms in total. The van der Waals surface area contributed by atoms with E-state index in [2.05, 4.69) is 19.9 Å². The van der Waals surface area contributed by atoms with Crippen LogP contribution in [0.2, 0.25) is 0 Å². The summed E-state index contributed by atoms with van der Waals surface area (Å²) in [4.78, 5) is 0. The van der Waals surface area contributed by atoms with E-state index in [0.717, 1.165) is 35.1 Å². The molecule has 0 radical (unpaired) electrons. The molecule has 2 N–H and O–H groups in total. The van der Waals surface area contributed by atoms with Crippen LogP contribution in [-0.4, -0.2) is 6.10 Å². The van der Waals surface area contributed by atoms with Crippen molar-refractivity contribution in [3.05, 3.63) is 35.6 Å². The minimum atomic E-state index is 0.272. The number of nitrogens with two attached hydrogens (primary N) is 1. The maximum Gasteiger partial charge on any atom is 0.134 e. The van der Waals surface area contributed by atoms with Crippen molar-refractivity contribution in [2.45, 2.75) is 45.9 Å². The van der Waals surface area contributed by atoms with E-state index in [4.69, 9.17) is 14.9 Å². The van der Waals surface area contributed by atoms with Gasteiger partial charge in [0.1, 0.15) is 11.3 Å². The van der Waals surface area contributed by atoms with Crippen LogP contribution in [-0.2, 0) is 17.9 Å². The molecule has 1 atom stereocenters. The average Bonchev–Trinajstić information content (AvgIpc) is 2.74. The van der Waals surface area contributed by atoms with Crippen LogP contribution in [0.1, 0.15) is 38.0 Å². The zero-order chi connectivity index (χ0) is 13.0. The monoisotopic (exact) mass is 247 g/mol. The molecule has 2 rings (SSSR count). The van der Waals surface area contributed by atoms with E-state index in [1.54, 1.807) is 0 Å². The number of fused-ring (bicyclic) bond motifs is 1. The Kier molecular flexibility index (Phi) is 4.39. The number of rotatable bonds is 6. The molecular weight excluding hydrogens is 226 g/mol. The van der Waals surface area contributed by atoms with Crippen LogP contribution in [0, 0.1) is 0 Å². The lowest BCUT2D eigenvalue weighted by molar-refractivity contribution is 0.0469. The molecule has 0 saturated carbocycles. The molecule has 0 aliphatic heterocycles. The number of furan rings is 1. The van der Waals surface area contributed by atoms with Gasteiger partial charge >= 0.3 is 0 Å². The van der Waals surface area contributed by atoms with Gasteiger partial charge in [0, 0.05) is 10.9 Å². The zero-order valence-corrected chi connectivity index (χ0v) is 11.1. The molecule has 1 unspecified atom stereocenters. The van der Waals surface area contributed by atoms with E-state index in [9.17, 15) is 0 Å². The van der Waals surface area contributed by atoms with Crippen molar-refractivity contribution in [2.24, 2.45) is 5.73 Å². The lowest BCUT2D eigenvalue weighted by Crippen LogP contribution is -2.09. The van der Waals surface area contributed by atoms with E-state index >= 15 is 0 Å². The first-order valence-corrected chi connectivity index (χ1v) is 6.57. The van der Waals surface area contributed by atoms with E-state index in [-0.39, 0.29) is 6.10 Å². The highest BCUT2D eigenvalue weighted by Crippen LogP contribution is 2.26. The molecule has 0 aliphatic carbocycles. The second-order valence-electron chi connectivity index (χ2n) is 4.61. The predicted octanol–water partition coefficient (Wildman–Crippen LogP) is 3.60. The quantitative estimate of drug-likeness (QED) is 0.848. The summed E-state index contributed by atoms with van der Waals surface area (Å²) in [6.07, 6.45) is 2.49. The van der Waals surface area contributed by atoms with Gasteiger partial charge in [-0.2, -0.15) is 0 Å². The van der Waals surface area contributed by atoms with Gasteiger partial charge in [-0.3, -0.25) is 0 Å². The van der Waals surface area contributed by atoms with Gasteiger partial charge in [0.05, 0.1) is 19.3 Å². The Bertz CT molecular complexity index is 504. The van der Waals surface area contributed by atoms with Crippen molar-refractivity contribution in [3.63, 3.8) is 0 Å². The van der Waals surface area contributed by atoms with Crippen LogP contribution >= 0.6 is 0 Å². The Morgan fingerprint density at radius 1 is 1.33 bits per heavy atom. The molecule has 0 saturated heterocycles.